The number of benzene rings is 1. The third kappa shape index (κ3) is 3.24. The number of carbonyl (C=O) groups is 2. The number of carboxylic acid groups (broad SMARTS) is 2. The van der Waals surface area contributed by atoms with Gasteiger partial charge in [-0.25, -0.2) is 9.59 Å². The van der Waals surface area contributed by atoms with E-state index < -0.39 is 29.6 Å². The molecule has 1 heterocycles. The largest absolute Gasteiger partial charge is 0.478 e. The summed E-state index contributed by atoms with van der Waals surface area (Å²) in [6.07, 6.45) is -4.62. The fourth-order valence-corrected chi connectivity index (χ4v) is 2.96. The second-order valence-corrected chi connectivity index (χ2v) is 5.72. The Bertz CT molecular complexity index is 770. The van der Waals surface area contributed by atoms with E-state index in [2.05, 4.69) is 0 Å². The Hall–Kier alpha value is -2.77. The molecule has 0 aromatic heterocycles. The fraction of sp³-hybridized carbons (Fsp3) is 0.294. The van der Waals surface area contributed by atoms with Crippen LogP contribution in [0.25, 0.3) is 0 Å². The summed E-state index contributed by atoms with van der Waals surface area (Å²) in [6.45, 7) is 2.98. The zero-order valence-corrected chi connectivity index (χ0v) is 13.7. The van der Waals surface area contributed by atoms with Crippen molar-refractivity contribution in [1.29, 1.82) is 0 Å². The Morgan fingerprint density at radius 1 is 1.04 bits per heavy atom. The first-order chi connectivity index (χ1) is 11.5. The van der Waals surface area contributed by atoms with Crippen molar-refractivity contribution in [3.05, 3.63) is 57.9 Å². The lowest BCUT2D eigenvalue weighted by atomic mass is 9.79. The lowest BCUT2D eigenvalue weighted by molar-refractivity contribution is -0.137. The van der Waals surface area contributed by atoms with Crippen LogP contribution in [-0.2, 0) is 15.8 Å². The first kappa shape index (κ1) is 18.6. The van der Waals surface area contributed by atoms with Gasteiger partial charge in [0.1, 0.15) is 0 Å². The molecule has 0 saturated carbocycles. The molecule has 1 aromatic rings. The fourth-order valence-electron chi connectivity index (χ4n) is 2.96. The SMILES string of the molecule is CC1=C(C(=O)O)C(c2cccc(C(F)(F)F)c2)C(C(=O)O)=C(C)N1C. The molecule has 2 rings (SSSR count). The van der Waals surface area contributed by atoms with Gasteiger partial charge in [0.05, 0.1) is 22.6 Å². The summed E-state index contributed by atoms with van der Waals surface area (Å²) in [5, 5.41) is 19.1. The van der Waals surface area contributed by atoms with Crippen molar-refractivity contribution >= 4 is 11.9 Å². The molecule has 0 radical (unpaired) electrons. The molecule has 0 unspecified atom stereocenters. The predicted molar refractivity (Wildman–Crippen MR) is 82.6 cm³/mol. The minimum absolute atomic E-state index is 0.0311. The van der Waals surface area contributed by atoms with E-state index in [4.69, 9.17) is 0 Å². The molecule has 0 atom stereocenters. The molecule has 0 spiro atoms. The molecule has 1 aliphatic rings. The van der Waals surface area contributed by atoms with Crippen molar-refractivity contribution in [1.82, 2.24) is 4.90 Å². The van der Waals surface area contributed by atoms with Crippen molar-refractivity contribution in [3.8, 4) is 0 Å². The summed E-state index contributed by atoms with van der Waals surface area (Å²) in [5.41, 5.74) is -0.963. The number of carboxylic acids is 2. The van der Waals surface area contributed by atoms with Crippen LogP contribution in [0.4, 0.5) is 13.2 Å². The van der Waals surface area contributed by atoms with Gasteiger partial charge in [-0.3, -0.25) is 0 Å². The van der Waals surface area contributed by atoms with Gasteiger partial charge in [0.15, 0.2) is 0 Å². The number of allylic oxidation sites excluding steroid dienone is 2. The van der Waals surface area contributed by atoms with Gasteiger partial charge in [0.25, 0.3) is 0 Å². The maximum absolute atomic E-state index is 13.0. The van der Waals surface area contributed by atoms with Crippen LogP contribution < -0.4 is 0 Å². The molecule has 2 N–H and O–H groups in total. The number of rotatable bonds is 3. The zero-order valence-electron chi connectivity index (χ0n) is 13.7. The van der Waals surface area contributed by atoms with Gasteiger partial charge >= 0.3 is 18.1 Å². The molecule has 134 valence electrons. The van der Waals surface area contributed by atoms with Gasteiger partial charge in [-0.1, -0.05) is 18.2 Å². The Kier molecular flexibility index (Phi) is 4.66. The monoisotopic (exact) mass is 355 g/mol. The van der Waals surface area contributed by atoms with Crippen molar-refractivity contribution in [2.24, 2.45) is 0 Å². The second-order valence-electron chi connectivity index (χ2n) is 5.72. The van der Waals surface area contributed by atoms with Crippen molar-refractivity contribution in [2.45, 2.75) is 25.9 Å². The maximum atomic E-state index is 13.0. The van der Waals surface area contributed by atoms with Gasteiger partial charge in [0, 0.05) is 18.4 Å². The van der Waals surface area contributed by atoms with Crippen molar-refractivity contribution < 1.29 is 33.0 Å². The number of hydrogen-bond donors (Lipinski definition) is 2. The Morgan fingerprint density at radius 2 is 1.52 bits per heavy atom. The normalized spacial score (nSPS) is 16.5. The Balaban J connectivity index is 2.77. The van der Waals surface area contributed by atoms with E-state index in [1.807, 2.05) is 0 Å². The van der Waals surface area contributed by atoms with Gasteiger partial charge in [-0.15, -0.1) is 0 Å². The Labute approximate surface area is 141 Å². The zero-order chi connectivity index (χ0) is 19.1. The molecular formula is C17H16F3NO4. The van der Waals surface area contributed by atoms with Gasteiger partial charge < -0.3 is 15.1 Å². The number of aliphatic carboxylic acids is 2. The molecule has 25 heavy (non-hydrogen) atoms. The van der Waals surface area contributed by atoms with Crippen LogP contribution in [0.5, 0.6) is 0 Å². The standard InChI is InChI=1S/C17H16F3NO4/c1-8-12(15(22)23)14(13(16(24)25)9(2)21(8)3)10-5-4-6-11(7-10)17(18,19)20/h4-7,14H,1-3H3,(H,22,23)(H,24,25). The first-order valence-electron chi connectivity index (χ1n) is 7.25. The van der Waals surface area contributed by atoms with E-state index in [1.54, 1.807) is 0 Å². The smallest absolute Gasteiger partial charge is 0.416 e. The van der Waals surface area contributed by atoms with E-state index >= 15 is 0 Å². The lowest BCUT2D eigenvalue weighted by Gasteiger charge is -2.34. The number of halogens is 3. The lowest BCUT2D eigenvalue weighted by Crippen LogP contribution is -2.32. The molecule has 0 saturated heterocycles. The van der Waals surface area contributed by atoms with Gasteiger partial charge in [-0.2, -0.15) is 13.2 Å². The molecule has 0 bridgehead atoms. The average molecular weight is 355 g/mol. The van der Waals surface area contributed by atoms with E-state index in [1.165, 1.54) is 31.9 Å². The summed E-state index contributed by atoms with van der Waals surface area (Å²) in [6, 6.07) is 4.09. The van der Waals surface area contributed by atoms with Crippen LogP contribution in [0.3, 0.4) is 0 Å². The number of hydrogen-bond acceptors (Lipinski definition) is 3. The van der Waals surface area contributed by atoms with E-state index in [-0.39, 0.29) is 28.1 Å². The minimum Gasteiger partial charge on any atom is -0.478 e. The molecule has 5 nitrogen and oxygen atoms in total. The van der Waals surface area contributed by atoms with Crippen LogP contribution in [0, 0.1) is 0 Å². The molecule has 0 fully saturated rings. The molecular weight excluding hydrogens is 339 g/mol. The molecule has 8 heteroatoms. The summed E-state index contributed by atoms with van der Waals surface area (Å²) < 4.78 is 39.0. The second kappa shape index (κ2) is 6.27. The highest BCUT2D eigenvalue weighted by molar-refractivity contribution is 5.98. The summed E-state index contributed by atoms with van der Waals surface area (Å²) in [5.74, 6) is -4.05. The van der Waals surface area contributed by atoms with Gasteiger partial charge in [-0.05, 0) is 25.5 Å². The van der Waals surface area contributed by atoms with E-state index in [0.717, 1.165) is 18.2 Å². The molecule has 1 aromatic carbocycles. The number of nitrogens with zero attached hydrogens (tertiary/aromatic N) is 1. The highest BCUT2D eigenvalue weighted by Crippen LogP contribution is 2.42. The number of alkyl halides is 3. The topological polar surface area (TPSA) is 77.8 Å². The van der Waals surface area contributed by atoms with Crippen LogP contribution in [-0.4, -0.2) is 34.1 Å². The summed E-state index contributed by atoms with van der Waals surface area (Å²) in [7, 11) is 1.51. The third-order valence-electron chi connectivity index (χ3n) is 4.37. The average Bonchev–Trinajstić information content (AvgIpc) is 2.50. The maximum Gasteiger partial charge on any atom is 0.416 e. The van der Waals surface area contributed by atoms with Crippen LogP contribution in [0.2, 0.25) is 0 Å². The molecule has 1 aliphatic heterocycles. The van der Waals surface area contributed by atoms with Crippen LogP contribution in [0.15, 0.2) is 46.8 Å². The van der Waals surface area contributed by atoms with Crippen molar-refractivity contribution in [2.75, 3.05) is 7.05 Å². The molecule has 0 amide bonds. The minimum atomic E-state index is -4.62. The third-order valence-corrected chi connectivity index (χ3v) is 4.37. The summed E-state index contributed by atoms with van der Waals surface area (Å²) >= 11 is 0. The van der Waals surface area contributed by atoms with Crippen LogP contribution >= 0.6 is 0 Å². The quantitative estimate of drug-likeness (QED) is 0.868. The first-order valence-corrected chi connectivity index (χ1v) is 7.25. The Morgan fingerprint density at radius 3 is 1.92 bits per heavy atom. The highest BCUT2D eigenvalue weighted by atomic mass is 19.4. The van der Waals surface area contributed by atoms with Crippen LogP contribution in [0.1, 0.15) is 30.9 Å². The van der Waals surface area contributed by atoms with Crippen molar-refractivity contribution in [3.63, 3.8) is 0 Å². The van der Waals surface area contributed by atoms with E-state index in [9.17, 15) is 33.0 Å². The summed E-state index contributed by atoms with van der Waals surface area (Å²) in [4.78, 5) is 24.9. The van der Waals surface area contributed by atoms with Gasteiger partial charge in [0.2, 0.25) is 0 Å². The highest BCUT2D eigenvalue weighted by Gasteiger charge is 2.39. The molecule has 0 aliphatic carbocycles. The van der Waals surface area contributed by atoms with E-state index in [0.29, 0.717) is 0 Å². The predicted octanol–water partition coefficient (Wildman–Crippen LogP) is 3.45.